The van der Waals surface area contributed by atoms with Gasteiger partial charge in [-0.2, -0.15) is 0 Å². The van der Waals surface area contributed by atoms with Crippen molar-refractivity contribution >= 4 is 23.3 Å². The van der Waals surface area contributed by atoms with Crippen molar-refractivity contribution in [2.75, 3.05) is 12.4 Å². The van der Waals surface area contributed by atoms with Crippen LogP contribution in [0.5, 0.6) is 0 Å². The number of methoxy groups -OCH3 is 1. The molecule has 1 atom stereocenters. The van der Waals surface area contributed by atoms with Crippen molar-refractivity contribution in [3.8, 4) is 5.69 Å². The highest BCUT2D eigenvalue weighted by Gasteiger charge is 2.16. The number of esters is 1. The first-order chi connectivity index (χ1) is 9.13. The van der Waals surface area contributed by atoms with Crippen molar-refractivity contribution in [1.29, 1.82) is 0 Å². The van der Waals surface area contributed by atoms with Gasteiger partial charge in [0.25, 0.3) is 0 Å². The zero-order valence-corrected chi connectivity index (χ0v) is 11.4. The first-order valence-corrected chi connectivity index (χ1v) is 6.12. The van der Waals surface area contributed by atoms with Crippen LogP contribution in [-0.2, 0) is 9.53 Å². The van der Waals surface area contributed by atoms with E-state index < -0.39 is 6.04 Å². The van der Waals surface area contributed by atoms with E-state index in [0.717, 1.165) is 11.4 Å². The van der Waals surface area contributed by atoms with Crippen LogP contribution in [-0.4, -0.2) is 28.7 Å². The maximum atomic E-state index is 11.5. The molecule has 1 N–H and O–H groups in total. The summed E-state index contributed by atoms with van der Waals surface area (Å²) in [5.41, 5.74) is 1.49. The van der Waals surface area contributed by atoms with Gasteiger partial charge < -0.3 is 14.6 Å². The summed E-state index contributed by atoms with van der Waals surface area (Å²) in [4.78, 5) is 15.5. The molecular weight excluding hydrogens is 266 g/mol. The summed E-state index contributed by atoms with van der Waals surface area (Å²) in [6, 6.07) is 4.98. The van der Waals surface area contributed by atoms with E-state index in [4.69, 9.17) is 16.3 Å². The van der Waals surface area contributed by atoms with Crippen molar-refractivity contribution in [2.24, 2.45) is 0 Å². The molecule has 0 aliphatic carbocycles. The zero-order chi connectivity index (χ0) is 13.8. The van der Waals surface area contributed by atoms with Gasteiger partial charge in [-0.05, 0) is 19.1 Å². The minimum Gasteiger partial charge on any atom is -0.467 e. The Morgan fingerprint density at radius 1 is 1.53 bits per heavy atom. The number of nitrogens with one attached hydrogen (secondary N) is 1. The molecule has 0 radical (unpaired) electrons. The van der Waals surface area contributed by atoms with Gasteiger partial charge in [-0.25, -0.2) is 9.78 Å². The van der Waals surface area contributed by atoms with Gasteiger partial charge in [0.1, 0.15) is 6.04 Å². The summed E-state index contributed by atoms with van der Waals surface area (Å²) < 4.78 is 6.48. The van der Waals surface area contributed by atoms with Gasteiger partial charge in [-0.15, -0.1) is 0 Å². The Balaban J connectivity index is 2.36. The molecule has 2 rings (SSSR count). The van der Waals surface area contributed by atoms with E-state index in [1.807, 2.05) is 12.1 Å². The van der Waals surface area contributed by atoms with Crippen molar-refractivity contribution in [1.82, 2.24) is 9.55 Å². The summed E-state index contributed by atoms with van der Waals surface area (Å²) in [5.74, 6) is -0.337. The van der Waals surface area contributed by atoms with Crippen molar-refractivity contribution in [3.05, 3.63) is 41.9 Å². The van der Waals surface area contributed by atoms with Crippen molar-refractivity contribution in [3.63, 3.8) is 0 Å². The Bertz CT molecular complexity index is 569. The molecule has 1 unspecified atom stereocenters. The van der Waals surface area contributed by atoms with E-state index >= 15 is 0 Å². The lowest BCUT2D eigenvalue weighted by Crippen LogP contribution is -2.27. The third-order valence-electron chi connectivity index (χ3n) is 2.68. The second-order valence-electron chi connectivity index (χ2n) is 4.00. The highest BCUT2D eigenvalue weighted by molar-refractivity contribution is 6.33. The number of para-hydroxylation sites is 1. The number of hydrogen-bond acceptors (Lipinski definition) is 4. The normalized spacial score (nSPS) is 11.9. The molecular formula is C13H14ClN3O2. The molecule has 100 valence electrons. The number of ether oxygens (including phenoxy) is 1. The second-order valence-corrected chi connectivity index (χ2v) is 4.40. The lowest BCUT2D eigenvalue weighted by atomic mass is 10.2. The summed E-state index contributed by atoms with van der Waals surface area (Å²) >= 11 is 6.21. The number of rotatable bonds is 4. The fourth-order valence-corrected chi connectivity index (χ4v) is 2.03. The Morgan fingerprint density at radius 3 is 2.95 bits per heavy atom. The first-order valence-electron chi connectivity index (χ1n) is 5.74. The van der Waals surface area contributed by atoms with E-state index in [2.05, 4.69) is 10.3 Å². The largest absolute Gasteiger partial charge is 0.467 e. The minimum atomic E-state index is -0.467. The summed E-state index contributed by atoms with van der Waals surface area (Å²) in [6.45, 7) is 1.73. The highest BCUT2D eigenvalue weighted by Crippen LogP contribution is 2.28. The van der Waals surface area contributed by atoms with Crippen LogP contribution < -0.4 is 5.32 Å². The maximum absolute atomic E-state index is 11.5. The van der Waals surface area contributed by atoms with Crippen LogP contribution in [0.25, 0.3) is 5.69 Å². The number of carbonyl (C=O) groups is 1. The van der Waals surface area contributed by atoms with Crippen LogP contribution in [0.3, 0.4) is 0 Å². The molecule has 1 aromatic carbocycles. The number of benzene rings is 1. The Kier molecular flexibility index (Phi) is 4.06. The summed E-state index contributed by atoms with van der Waals surface area (Å²) in [5, 5.41) is 3.65. The molecule has 0 saturated heterocycles. The smallest absolute Gasteiger partial charge is 0.327 e. The van der Waals surface area contributed by atoms with E-state index in [1.165, 1.54) is 7.11 Å². The standard InChI is InChI=1S/C13H14ClN3O2/c1-9(13(18)19-2)16-11-5-3-4-10(14)12(11)17-7-6-15-8-17/h3-9,16H,1-2H3. The van der Waals surface area contributed by atoms with Crippen LogP contribution in [0.1, 0.15) is 6.92 Å². The van der Waals surface area contributed by atoms with Crippen LogP contribution in [0, 0.1) is 0 Å². The first kappa shape index (κ1) is 13.4. The third kappa shape index (κ3) is 2.88. The number of halogens is 1. The van der Waals surface area contributed by atoms with Gasteiger partial charge in [0, 0.05) is 12.4 Å². The van der Waals surface area contributed by atoms with Crippen molar-refractivity contribution in [2.45, 2.75) is 13.0 Å². The SMILES string of the molecule is COC(=O)C(C)Nc1cccc(Cl)c1-n1ccnc1. The van der Waals surface area contributed by atoms with Gasteiger partial charge in [-0.3, -0.25) is 0 Å². The Hall–Kier alpha value is -2.01. The van der Waals surface area contributed by atoms with E-state index in [9.17, 15) is 4.79 Å². The lowest BCUT2D eigenvalue weighted by Gasteiger charge is -2.17. The summed E-state index contributed by atoms with van der Waals surface area (Å²) in [7, 11) is 1.36. The molecule has 1 heterocycles. The topological polar surface area (TPSA) is 56.1 Å². The van der Waals surface area contributed by atoms with E-state index in [0.29, 0.717) is 5.02 Å². The van der Waals surface area contributed by atoms with Gasteiger partial charge in [0.05, 0.1) is 29.8 Å². The Labute approximate surface area is 116 Å². The van der Waals surface area contributed by atoms with E-state index in [-0.39, 0.29) is 5.97 Å². The molecule has 0 amide bonds. The van der Waals surface area contributed by atoms with Gasteiger partial charge in [0.15, 0.2) is 0 Å². The van der Waals surface area contributed by atoms with Gasteiger partial charge in [0.2, 0.25) is 0 Å². The number of anilines is 1. The van der Waals surface area contributed by atoms with Crippen LogP contribution in [0.4, 0.5) is 5.69 Å². The predicted octanol–water partition coefficient (Wildman–Crippen LogP) is 2.50. The van der Waals surface area contributed by atoms with Gasteiger partial charge in [-0.1, -0.05) is 17.7 Å². The molecule has 19 heavy (non-hydrogen) atoms. The fourth-order valence-electron chi connectivity index (χ4n) is 1.75. The molecule has 0 saturated carbocycles. The second kappa shape index (κ2) is 5.75. The molecule has 0 aliphatic rings. The predicted molar refractivity (Wildman–Crippen MR) is 73.7 cm³/mol. The maximum Gasteiger partial charge on any atom is 0.327 e. The van der Waals surface area contributed by atoms with Crippen LogP contribution in [0.15, 0.2) is 36.9 Å². The fraction of sp³-hybridized carbons (Fsp3) is 0.231. The minimum absolute atomic E-state index is 0.337. The molecule has 0 bridgehead atoms. The highest BCUT2D eigenvalue weighted by atomic mass is 35.5. The molecule has 2 aromatic rings. The van der Waals surface area contributed by atoms with Gasteiger partial charge >= 0.3 is 5.97 Å². The average Bonchev–Trinajstić information content (AvgIpc) is 2.91. The van der Waals surface area contributed by atoms with E-state index in [1.54, 1.807) is 36.3 Å². The summed E-state index contributed by atoms with van der Waals surface area (Å²) in [6.07, 6.45) is 5.10. The number of hydrogen-bond donors (Lipinski definition) is 1. The monoisotopic (exact) mass is 279 g/mol. The molecule has 0 fully saturated rings. The molecule has 0 spiro atoms. The number of aromatic nitrogens is 2. The third-order valence-corrected chi connectivity index (χ3v) is 2.98. The number of carbonyl (C=O) groups excluding carboxylic acids is 1. The number of imidazole rings is 1. The quantitative estimate of drug-likeness (QED) is 0.874. The number of nitrogens with zero attached hydrogens (tertiary/aromatic N) is 2. The molecule has 0 aliphatic heterocycles. The van der Waals surface area contributed by atoms with Crippen molar-refractivity contribution < 1.29 is 9.53 Å². The Morgan fingerprint density at radius 2 is 2.32 bits per heavy atom. The molecule has 6 heteroatoms. The molecule has 5 nitrogen and oxygen atoms in total. The molecule has 1 aromatic heterocycles. The average molecular weight is 280 g/mol. The lowest BCUT2D eigenvalue weighted by molar-refractivity contribution is -0.141. The van der Waals surface area contributed by atoms with Crippen LogP contribution >= 0.6 is 11.6 Å². The zero-order valence-electron chi connectivity index (χ0n) is 10.6. The van der Waals surface area contributed by atoms with Crippen LogP contribution in [0.2, 0.25) is 5.02 Å².